The third kappa shape index (κ3) is 7.88. The Morgan fingerprint density at radius 2 is 0.439 bits per heavy atom. The molecule has 0 aromatic rings. The Morgan fingerprint density at radius 3 is 0.632 bits per heavy atom. The van der Waals surface area contributed by atoms with Crippen LogP contribution in [-0.4, -0.2) is 49.3 Å². The summed E-state index contributed by atoms with van der Waals surface area (Å²) in [5.74, 6) is 7.49. The molecule has 9 aliphatic rings. The molecule has 0 radical (unpaired) electrons. The van der Waals surface area contributed by atoms with Crippen LogP contribution in [0.2, 0.25) is 0 Å². The van der Waals surface area contributed by atoms with E-state index >= 15 is 0 Å². The molecule has 9 rings (SSSR count). The van der Waals surface area contributed by atoms with Crippen LogP contribution in [0.15, 0.2) is 0 Å². The van der Waals surface area contributed by atoms with E-state index in [1.54, 1.807) is 0 Å². The van der Waals surface area contributed by atoms with Gasteiger partial charge >= 0.3 is 0 Å². The second-order valence-corrected chi connectivity index (χ2v) is 25.7. The molecule has 4 aliphatic carbocycles. The van der Waals surface area contributed by atoms with Gasteiger partial charge in [-0.05, 0) is 131 Å². The van der Waals surface area contributed by atoms with Crippen LogP contribution in [0.25, 0.3) is 0 Å². The van der Waals surface area contributed by atoms with Crippen LogP contribution in [-0.2, 0) is 20.4 Å². The third-order valence-electron chi connectivity index (χ3n) is 18.3. The van der Waals surface area contributed by atoms with Crippen LogP contribution in [0.5, 0.6) is 0 Å². The maximum absolute atomic E-state index is 4.56. The second kappa shape index (κ2) is 15.8. The molecule has 4 saturated carbocycles. The van der Waals surface area contributed by atoms with Gasteiger partial charge in [0.05, 0.1) is 49.3 Å². The van der Waals surface area contributed by atoms with Gasteiger partial charge < -0.3 is 0 Å². The van der Waals surface area contributed by atoms with Crippen molar-refractivity contribution in [2.75, 3.05) is 0 Å². The van der Waals surface area contributed by atoms with E-state index in [4.69, 9.17) is 0 Å². The third-order valence-corrected chi connectivity index (χ3v) is 18.3. The van der Waals surface area contributed by atoms with Crippen molar-refractivity contribution in [1.82, 2.24) is 42.5 Å². The molecule has 5 aliphatic heterocycles. The number of fused-ring (bicyclic) bond motifs is 20. The molecule has 8 bridgehead atoms. The molecular weight excluding hydrogens is 795 g/mol. The fraction of sp³-hybridized carbons (Fsp3) is 1.00. The van der Waals surface area contributed by atoms with Crippen molar-refractivity contribution in [3.63, 3.8) is 0 Å². The van der Waals surface area contributed by atoms with Crippen LogP contribution in [0.4, 0.5) is 0 Å². The van der Waals surface area contributed by atoms with Crippen LogP contribution < -0.4 is 42.5 Å². The Hall–Kier alpha value is 0.342. The van der Waals surface area contributed by atoms with Crippen LogP contribution in [0.3, 0.4) is 0 Å². The summed E-state index contributed by atoms with van der Waals surface area (Å²) in [6.07, 6.45) is 18.9. The van der Waals surface area contributed by atoms with Gasteiger partial charge in [0.1, 0.15) is 0 Å². The van der Waals surface area contributed by atoms with Crippen molar-refractivity contribution in [2.24, 2.45) is 92.7 Å². The van der Waals surface area contributed by atoms with Crippen LogP contribution in [0, 0.1) is 92.7 Å². The summed E-state index contributed by atoms with van der Waals surface area (Å²) in [4.78, 5) is 0. The molecule has 9 fully saturated rings. The first kappa shape index (κ1) is 44.0. The smallest absolute Gasteiger partial charge is 0.0631 e. The molecule has 0 aromatic heterocycles. The SMILES string of the molecule is CC(C)(C)C1C2C3NC4NC(NC5NC(NC6NC(NC(N3)C2C(C(C)(C)C)C(C(C)(C)C)C1C(C)(C)C)C1CCCCC61)C1CCCCC51)C1CCCCC41.[Pd]. The average molecular weight is 884 g/mol. The van der Waals surface area contributed by atoms with E-state index in [-0.39, 0.29) is 54.4 Å². The predicted octanol–water partition coefficient (Wildman–Crippen LogP) is 7.69. The molecule has 0 amide bonds. The second-order valence-electron chi connectivity index (χ2n) is 25.7. The zero-order chi connectivity index (χ0) is 39.7. The molecule has 0 aromatic carbocycles. The number of rotatable bonds is 0. The van der Waals surface area contributed by atoms with Gasteiger partial charge in [0.15, 0.2) is 0 Å². The first-order valence-electron chi connectivity index (χ1n) is 24.4. The molecule has 5 saturated heterocycles. The summed E-state index contributed by atoms with van der Waals surface area (Å²) in [5.41, 5.74) is 0.712. The minimum atomic E-state index is 0. The maximum atomic E-state index is 4.56. The summed E-state index contributed by atoms with van der Waals surface area (Å²) in [7, 11) is 0. The topological polar surface area (TPSA) is 96.2 Å². The van der Waals surface area contributed by atoms with Gasteiger partial charge in [-0.2, -0.15) is 0 Å². The van der Waals surface area contributed by atoms with Gasteiger partial charge in [-0.1, -0.05) is 122 Å². The largest absolute Gasteiger partial charge is 0.286 e. The minimum absolute atomic E-state index is 0. The summed E-state index contributed by atoms with van der Waals surface area (Å²) in [5, 5.41) is 35.4. The summed E-state index contributed by atoms with van der Waals surface area (Å²) in [6, 6.07) is 0. The summed E-state index contributed by atoms with van der Waals surface area (Å²) < 4.78 is 0. The van der Waals surface area contributed by atoms with Gasteiger partial charge in [0, 0.05) is 20.4 Å². The van der Waals surface area contributed by atoms with Gasteiger partial charge in [0.2, 0.25) is 0 Å². The maximum Gasteiger partial charge on any atom is 0.0631 e. The molecule has 57 heavy (non-hydrogen) atoms. The Morgan fingerprint density at radius 1 is 0.263 bits per heavy atom. The average Bonchev–Trinajstić information content (AvgIpc) is 3.84. The number of nitrogens with one attached hydrogen (secondary N) is 8. The van der Waals surface area contributed by atoms with Crippen molar-refractivity contribution >= 4 is 0 Å². The zero-order valence-corrected chi connectivity index (χ0v) is 39.9. The van der Waals surface area contributed by atoms with Crippen molar-refractivity contribution < 1.29 is 20.4 Å². The van der Waals surface area contributed by atoms with Crippen LogP contribution in [0.1, 0.15) is 160 Å². The van der Waals surface area contributed by atoms with E-state index in [0.29, 0.717) is 108 Å². The summed E-state index contributed by atoms with van der Waals surface area (Å²) in [6.45, 7) is 31.2. The molecule has 9 heteroatoms. The molecule has 20 unspecified atom stereocenters. The Labute approximate surface area is 363 Å². The Kier molecular flexibility index (Phi) is 12.2. The normalized spacial score (nSPS) is 50.3. The monoisotopic (exact) mass is 883 g/mol. The minimum Gasteiger partial charge on any atom is -0.286 e. The first-order chi connectivity index (χ1) is 26.3. The molecule has 8 N–H and O–H groups in total. The molecule has 8 nitrogen and oxygen atoms in total. The standard InChI is InChI=1S/C48H88N8.Pd/c1-45(2,3)33-31-32(34(46(4,5)6)36(48(10,11)12)35(33)47(7,8)9)44-55-42-30-24-18-16-22-28(30)40(53-42)51-38-26-20-14-13-19-25(26)37(49-38)50-39-27-21-15-17-23-29(27)41(52-39)54-43(31)56-44;/h25-44,49-56H,13-24H2,1-12H3;. The molecule has 5 heterocycles. The predicted molar refractivity (Wildman–Crippen MR) is 230 cm³/mol. The summed E-state index contributed by atoms with van der Waals surface area (Å²) >= 11 is 0. The van der Waals surface area contributed by atoms with Crippen molar-refractivity contribution in [3.05, 3.63) is 0 Å². The van der Waals surface area contributed by atoms with E-state index < -0.39 is 0 Å². The van der Waals surface area contributed by atoms with Crippen molar-refractivity contribution in [2.45, 2.75) is 209 Å². The van der Waals surface area contributed by atoms with E-state index in [0.717, 1.165) is 0 Å². The van der Waals surface area contributed by atoms with Crippen LogP contribution >= 0.6 is 0 Å². The molecule has 0 spiro atoms. The Balaban J connectivity index is 0.00000455. The van der Waals surface area contributed by atoms with Crippen molar-refractivity contribution in [1.29, 1.82) is 0 Å². The fourth-order valence-corrected chi connectivity index (χ4v) is 16.6. The number of hydrogen-bond acceptors (Lipinski definition) is 8. The van der Waals surface area contributed by atoms with E-state index in [1.165, 1.54) is 77.0 Å². The van der Waals surface area contributed by atoms with E-state index in [2.05, 4.69) is 126 Å². The number of hydrogen-bond donors (Lipinski definition) is 8. The molecule has 20 atom stereocenters. The van der Waals surface area contributed by atoms with Crippen molar-refractivity contribution in [3.8, 4) is 0 Å². The van der Waals surface area contributed by atoms with Gasteiger partial charge in [-0.15, -0.1) is 0 Å². The zero-order valence-electron chi connectivity index (χ0n) is 38.3. The Bertz CT molecular complexity index is 1290. The van der Waals surface area contributed by atoms with Gasteiger partial charge in [-0.3, -0.25) is 42.5 Å². The fourth-order valence-electron chi connectivity index (χ4n) is 16.6. The van der Waals surface area contributed by atoms with E-state index in [9.17, 15) is 0 Å². The molecular formula is C48H88N8Pd. The quantitative estimate of drug-likeness (QED) is 0.118. The van der Waals surface area contributed by atoms with Gasteiger partial charge in [0.25, 0.3) is 0 Å². The van der Waals surface area contributed by atoms with Gasteiger partial charge in [-0.25, -0.2) is 0 Å². The van der Waals surface area contributed by atoms with E-state index in [1.807, 2.05) is 0 Å². The first-order valence-corrected chi connectivity index (χ1v) is 24.4. The molecule has 330 valence electrons.